The van der Waals surface area contributed by atoms with E-state index in [-0.39, 0.29) is 5.82 Å². The number of hydrogen-bond donors (Lipinski definition) is 1. The highest BCUT2D eigenvalue weighted by atomic mass is 32.1. The number of rotatable bonds is 2. The Balaban J connectivity index is 2.09. The number of thiocarbonyl (C=S) groups is 1. The second kappa shape index (κ2) is 4.78. The molecular formula is C14H9FN3S. The van der Waals surface area contributed by atoms with Crippen molar-refractivity contribution in [3.63, 3.8) is 0 Å². The molecule has 1 aromatic heterocycles. The number of pyridine rings is 1. The zero-order valence-corrected chi connectivity index (χ0v) is 10.6. The van der Waals surface area contributed by atoms with Gasteiger partial charge >= 0.3 is 0 Å². The molecule has 0 bridgehead atoms. The van der Waals surface area contributed by atoms with Crippen molar-refractivity contribution in [3.05, 3.63) is 65.7 Å². The number of halogens is 1. The minimum absolute atomic E-state index is 0.275. The van der Waals surface area contributed by atoms with Gasteiger partial charge in [0.25, 0.3) is 0 Å². The van der Waals surface area contributed by atoms with Crippen molar-refractivity contribution in [2.75, 3.05) is 0 Å². The molecule has 0 aliphatic carbocycles. The van der Waals surface area contributed by atoms with Crippen LogP contribution in [0, 0.1) is 5.82 Å². The van der Waals surface area contributed by atoms with Crippen LogP contribution in [-0.4, -0.2) is 10.1 Å². The summed E-state index contributed by atoms with van der Waals surface area (Å²) in [6, 6.07) is 9.92. The Hall–Kier alpha value is -2.27. The van der Waals surface area contributed by atoms with Gasteiger partial charge in [-0.25, -0.2) is 9.71 Å². The van der Waals surface area contributed by atoms with Crippen molar-refractivity contribution < 1.29 is 4.39 Å². The fourth-order valence-corrected chi connectivity index (χ4v) is 2.09. The maximum atomic E-state index is 13.0. The first-order valence-electron chi connectivity index (χ1n) is 5.67. The highest BCUT2D eigenvalue weighted by molar-refractivity contribution is 7.80. The van der Waals surface area contributed by atoms with Gasteiger partial charge in [-0.15, -0.1) is 0 Å². The number of aromatic nitrogens is 1. The zero-order chi connectivity index (χ0) is 13.2. The van der Waals surface area contributed by atoms with Gasteiger partial charge in [-0.2, -0.15) is 0 Å². The number of nitrogens with one attached hydrogen (secondary N) is 1. The molecule has 1 aliphatic heterocycles. The molecule has 0 fully saturated rings. The normalized spacial score (nSPS) is 14.3. The van der Waals surface area contributed by atoms with Crippen molar-refractivity contribution in [2.24, 2.45) is 0 Å². The minimum Gasteiger partial charge on any atom is -0.329 e. The van der Waals surface area contributed by atoms with E-state index >= 15 is 0 Å². The van der Waals surface area contributed by atoms with Gasteiger partial charge in [0.15, 0.2) is 5.11 Å². The minimum atomic E-state index is -0.275. The van der Waals surface area contributed by atoms with Gasteiger partial charge < -0.3 is 5.32 Å². The summed E-state index contributed by atoms with van der Waals surface area (Å²) >= 11 is 5.09. The van der Waals surface area contributed by atoms with Crippen LogP contribution in [-0.2, 0) is 0 Å². The van der Waals surface area contributed by atoms with Gasteiger partial charge in [-0.1, -0.05) is 0 Å². The first kappa shape index (κ1) is 11.8. The number of benzene rings is 1. The Labute approximate surface area is 115 Å². The van der Waals surface area contributed by atoms with Gasteiger partial charge in [0.2, 0.25) is 0 Å². The molecule has 1 N–H and O–H groups in total. The van der Waals surface area contributed by atoms with Crippen LogP contribution in [0.2, 0.25) is 0 Å². The van der Waals surface area contributed by atoms with E-state index in [0.717, 1.165) is 22.5 Å². The smallest absolute Gasteiger partial charge is 0.197 e. The Morgan fingerprint density at radius 2 is 1.63 bits per heavy atom. The highest BCUT2D eigenvalue weighted by Crippen LogP contribution is 2.26. The molecule has 2 heterocycles. The molecule has 93 valence electrons. The molecule has 1 aromatic carbocycles. The summed E-state index contributed by atoms with van der Waals surface area (Å²) in [5.74, 6) is -0.275. The second-order valence-corrected chi connectivity index (χ2v) is 4.40. The van der Waals surface area contributed by atoms with Crippen molar-refractivity contribution in [1.29, 1.82) is 0 Å². The van der Waals surface area contributed by atoms with Gasteiger partial charge in [0.05, 0.1) is 11.4 Å². The summed E-state index contributed by atoms with van der Waals surface area (Å²) in [5, 5.41) is 7.77. The lowest BCUT2D eigenvalue weighted by molar-refractivity contribution is 0.627. The van der Waals surface area contributed by atoms with Gasteiger partial charge in [-0.3, -0.25) is 4.98 Å². The van der Waals surface area contributed by atoms with E-state index in [1.54, 1.807) is 24.5 Å². The lowest BCUT2D eigenvalue weighted by atomic mass is 10.1. The van der Waals surface area contributed by atoms with Crippen LogP contribution >= 0.6 is 12.2 Å². The molecule has 0 unspecified atom stereocenters. The van der Waals surface area contributed by atoms with Crippen LogP contribution in [0.25, 0.3) is 11.4 Å². The van der Waals surface area contributed by atoms with Gasteiger partial charge in [0.1, 0.15) is 5.82 Å². The predicted octanol–water partition coefficient (Wildman–Crippen LogP) is 2.54. The summed E-state index contributed by atoms with van der Waals surface area (Å²) in [5.41, 5.74) is 3.30. The Bertz CT molecular complexity index is 650. The van der Waals surface area contributed by atoms with E-state index in [2.05, 4.69) is 15.6 Å². The van der Waals surface area contributed by atoms with Crippen molar-refractivity contribution >= 4 is 28.7 Å². The largest absolute Gasteiger partial charge is 0.329 e. The molecule has 1 radical (unpaired) electrons. The molecule has 5 heteroatoms. The molecule has 0 saturated heterocycles. The van der Waals surface area contributed by atoms with Crippen LogP contribution in [0.1, 0.15) is 11.1 Å². The Morgan fingerprint density at radius 1 is 0.947 bits per heavy atom. The summed E-state index contributed by atoms with van der Waals surface area (Å²) < 4.78 is 13.0. The van der Waals surface area contributed by atoms with Crippen molar-refractivity contribution in [3.8, 4) is 0 Å². The maximum Gasteiger partial charge on any atom is 0.197 e. The lowest BCUT2D eigenvalue weighted by Crippen LogP contribution is -2.17. The molecule has 0 atom stereocenters. The van der Waals surface area contributed by atoms with E-state index < -0.39 is 0 Å². The van der Waals surface area contributed by atoms with Crippen LogP contribution in [0.5, 0.6) is 0 Å². The van der Waals surface area contributed by atoms with Crippen LogP contribution in [0.15, 0.2) is 48.8 Å². The molecular weight excluding hydrogens is 261 g/mol. The topological polar surface area (TPSA) is 39.0 Å². The fourth-order valence-electron chi connectivity index (χ4n) is 1.90. The number of nitrogens with zero attached hydrogens (tertiary/aromatic N) is 2. The van der Waals surface area contributed by atoms with E-state index in [1.807, 2.05) is 12.1 Å². The molecule has 0 amide bonds. The SMILES string of the molecule is Fc1ccc(C2=C(c3ccncc3)NC(=S)[N]2)cc1. The third-order valence-electron chi connectivity index (χ3n) is 2.77. The van der Waals surface area contributed by atoms with E-state index in [4.69, 9.17) is 12.2 Å². The van der Waals surface area contributed by atoms with E-state index in [0.29, 0.717) is 5.11 Å². The molecule has 3 nitrogen and oxygen atoms in total. The first-order valence-corrected chi connectivity index (χ1v) is 6.08. The average molecular weight is 270 g/mol. The Kier molecular flexibility index (Phi) is 2.97. The van der Waals surface area contributed by atoms with E-state index in [9.17, 15) is 4.39 Å². The van der Waals surface area contributed by atoms with Crippen LogP contribution < -0.4 is 10.6 Å². The van der Waals surface area contributed by atoms with E-state index in [1.165, 1.54) is 12.1 Å². The second-order valence-electron chi connectivity index (χ2n) is 4.01. The maximum absolute atomic E-state index is 13.0. The molecule has 3 rings (SSSR count). The molecule has 0 saturated carbocycles. The third-order valence-corrected chi connectivity index (χ3v) is 2.96. The zero-order valence-electron chi connectivity index (χ0n) is 9.80. The van der Waals surface area contributed by atoms with Crippen LogP contribution in [0.4, 0.5) is 4.39 Å². The summed E-state index contributed by atoms with van der Waals surface area (Å²) in [6.07, 6.45) is 3.40. The fraction of sp³-hybridized carbons (Fsp3) is 0. The standard InChI is InChI=1S/C14H9FN3S/c15-11-3-1-9(2-4-11)12-13(18-14(19)17-12)10-5-7-16-8-6-10/h1-8H,(H,18,19). The third kappa shape index (κ3) is 2.32. The molecule has 1 aliphatic rings. The molecule has 0 spiro atoms. The average Bonchev–Trinajstić information content (AvgIpc) is 2.83. The van der Waals surface area contributed by atoms with Crippen molar-refractivity contribution in [1.82, 2.24) is 15.6 Å². The first-order chi connectivity index (χ1) is 9.24. The summed E-state index contributed by atoms with van der Waals surface area (Å²) in [4.78, 5) is 3.98. The predicted molar refractivity (Wildman–Crippen MR) is 75.3 cm³/mol. The molecule has 2 aromatic rings. The lowest BCUT2D eigenvalue weighted by Gasteiger charge is -2.05. The van der Waals surface area contributed by atoms with Gasteiger partial charge in [0, 0.05) is 23.5 Å². The summed E-state index contributed by atoms with van der Waals surface area (Å²) in [6.45, 7) is 0. The summed E-state index contributed by atoms with van der Waals surface area (Å²) in [7, 11) is 0. The quantitative estimate of drug-likeness (QED) is 0.852. The highest BCUT2D eigenvalue weighted by Gasteiger charge is 2.22. The Morgan fingerprint density at radius 3 is 2.32 bits per heavy atom. The monoisotopic (exact) mass is 270 g/mol. The molecule has 19 heavy (non-hydrogen) atoms. The van der Waals surface area contributed by atoms with Crippen LogP contribution in [0.3, 0.4) is 0 Å². The number of hydrogen-bond acceptors (Lipinski definition) is 2. The van der Waals surface area contributed by atoms with Crippen molar-refractivity contribution in [2.45, 2.75) is 0 Å². The van der Waals surface area contributed by atoms with Gasteiger partial charge in [-0.05, 0) is 48.6 Å².